The number of benzene rings is 2. The maximum atomic E-state index is 14.5. The number of ketones is 1. The molecule has 1 aromatic heterocycles. The van der Waals surface area contributed by atoms with E-state index in [2.05, 4.69) is 35.0 Å². The van der Waals surface area contributed by atoms with Gasteiger partial charge in [0.2, 0.25) is 0 Å². The molecule has 0 spiro atoms. The number of hydrogen-bond donors (Lipinski definition) is 0. The highest BCUT2D eigenvalue weighted by Gasteiger charge is 2.12. The number of likely N-dealkylation sites (tertiary alicyclic amines) is 1. The molecule has 3 aromatic rings. The number of hydrogen-bond acceptors (Lipinski definition) is 3. The van der Waals surface area contributed by atoms with Gasteiger partial charge in [0.25, 0.3) is 0 Å². The number of aryl methyl sites for hydroxylation is 2. The highest BCUT2D eigenvalue weighted by Crippen LogP contribution is 2.27. The molecule has 0 aliphatic carbocycles. The highest BCUT2D eigenvalue weighted by atomic mass is 19.1. The van der Waals surface area contributed by atoms with Crippen molar-refractivity contribution in [3.05, 3.63) is 65.1 Å². The predicted molar refractivity (Wildman–Crippen MR) is 130 cm³/mol. The van der Waals surface area contributed by atoms with Crippen molar-refractivity contribution in [2.45, 2.75) is 58.8 Å². The maximum Gasteiger partial charge on any atom is 0.134 e. The van der Waals surface area contributed by atoms with Gasteiger partial charge >= 0.3 is 0 Å². The minimum Gasteiger partial charge on any atom is -0.303 e. The standard InChI is InChI=1S/C28H33FN2O/c1-3-21-18-28-25(15-22(21)8-7-13-31-11-5-4-6-12-31)16-26(19-30-28)23-9-10-24(14-20(2)32)27(29)17-23/h9-10,15-19H,3-8,11-14H2,1-2H3. The normalized spacial score (nSPS) is 14.7. The summed E-state index contributed by atoms with van der Waals surface area (Å²) in [7, 11) is 0. The lowest BCUT2D eigenvalue weighted by Crippen LogP contribution is -2.30. The molecule has 1 aliphatic rings. The Labute approximate surface area is 190 Å². The van der Waals surface area contributed by atoms with Gasteiger partial charge in [0.05, 0.1) is 5.52 Å². The van der Waals surface area contributed by atoms with Crippen molar-refractivity contribution in [2.75, 3.05) is 19.6 Å². The van der Waals surface area contributed by atoms with E-state index in [0.717, 1.165) is 34.9 Å². The van der Waals surface area contributed by atoms with Gasteiger partial charge in [-0.1, -0.05) is 25.5 Å². The zero-order chi connectivity index (χ0) is 22.5. The van der Waals surface area contributed by atoms with E-state index in [1.165, 1.54) is 69.4 Å². The average Bonchev–Trinajstić information content (AvgIpc) is 2.80. The second kappa shape index (κ2) is 10.4. The molecule has 2 heterocycles. The lowest BCUT2D eigenvalue weighted by atomic mass is 9.96. The number of halogens is 1. The number of carbonyl (C=O) groups is 1. The van der Waals surface area contributed by atoms with Gasteiger partial charge in [-0.05, 0) is 105 Å². The molecule has 32 heavy (non-hydrogen) atoms. The Hall–Kier alpha value is -2.59. The van der Waals surface area contributed by atoms with Crippen molar-refractivity contribution >= 4 is 16.7 Å². The first-order valence-corrected chi connectivity index (χ1v) is 12.0. The van der Waals surface area contributed by atoms with E-state index in [1.54, 1.807) is 6.07 Å². The van der Waals surface area contributed by atoms with E-state index in [4.69, 9.17) is 0 Å². The molecule has 1 fully saturated rings. The van der Waals surface area contributed by atoms with Gasteiger partial charge < -0.3 is 4.90 Å². The van der Waals surface area contributed by atoms with E-state index in [-0.39, 0.29) is 18.0 Å². The number of carbonyl (C=O) groups excluding carboxylic acids is 1. The van der Waals surface area contributed by atoms with Crippen LogP contribution in [-0.2, 0) is 24.1 Å². The number of fused-ring (bicyclic) bond motifs is 1. The third-order valence-corrected chi connectivity index (χ3v) is 6.58. The van der Waals surface area contributed by atoms with Crippen molar-refractivity contribution in [1.82, 2.24) is 9.88 Å². The summed E-state index contributed by atoms with van der Waals surface area (Å²) in [5.74, 6) is -0.374. The topological polar surface area (TPSA) is 33.2 Å². The maximum absolute atomic E-state index is 14.5. The molecule has 0 atom stereocenters. The molecule has 0 N–H and O–H groups in total. The molecule has 3 nitrogen and oxygen atoms in total. The van der Waals surface area contributed by atoms with Gasteiger partial charge in [0.1, 0.15) is 11.6 Å². The van der Waals surface area contributed by atoms with Gasteiger partial charge in [0, 0.05) is 23.6 Å². The van der Waals surface area contributed by atoms with Gasteiger partial charge in [-0.3, -0.25) is 9.78 Å². The summed E-state index contributed by atoms with van der Waals surface area (Å²) in [6, 6.07) is 11.7. The smallest absolute Gasteiger partial charge is 0.134 e. The van der Waals surface area contributed by atoms with Crippen LogP contribution in [0.1, 0.15) is 56.2 Å². The predicted octanol–water partition coefficient (Wildman–Crippen LogP) is 6.15. The minimum atomic E-state index is -0.336. The summed E-state index contributed by atoms with van der Waals surface area (Å²) in [5.41, 5.74) is 5.89. The van der Waals surface area contributed by atoms with Crippen molar-refractivity contribution in [2.24, 2.45) is 0 Å². The van der Waals surface area contributed by atoms with Crippen molar-refractivity contribution < 1.29 is 9.18 Å². The molecule has 4 rings (SSSR count). The molecule has 0 amide bonds. The van der Waals surface area contributed by atoms with Crippen LogP contribution >= 0.6 is 0 Å². The van der Waals surface area contributed by atoms with Crippen molar-refractivity contribution in [3.8, 4) is 11.1 Å². The molecular formula is C28H33FN2O. The third kappa shape index (κ3) is 5.42. The van der Waals surface area contributed by atoms with Crippen LogP contribution in [-0.4, -0.2) is 35.3 Å². The first-order chi connectivity index (χ1) is 15.5. The number of nitrogens with zero attached hydrogens (tertiary/aromatic N) is 2. The Balaban J connectivity index is 1.56. The van der Waals surface area contributed by atoms with Gasteiger partial charge in [-0.25, -0.2) is 4.39 Å². The lowest BCUT2D eigenvalue weighted by molar-refractivity contribution is -0.116. The fraction of sp³-hybridized carbons (Fsp3) is 0.429. The van der Waals surface area contributed by atoms with E-state index in [1.807, 2.05) is 12.3 Å². The van der Waals surface area contributed by atoms with Crippen LogP contribution in [0.3, 0.4) is 0 Å². The van der Waals surface area contributed by atoms with E-state index < -0.39 is 0 Å². The second-order valence-electron chi connectivity index (χ2n) is 9.08. The summed E-state index contributed by atoms with van der Waals surface area (Å²) in [6.07, 6.45) is 9.24. The quantitative estimate of drug-likeness (QED) is 0.428. The number of Topliss-reactive ketones (excluding diaryl/α,β-unsaturated/α-hetero) is 1. The highest BCUT2D eigenvalue weighted by molar-refractivity contribution is 5.85. The Morgan fingerprint density at radius 1 is 1.00 bits per heavy atom. The van der Waals surface area contributed by atoms with E-state index in [0.29, 0.717) is 5.56 Å². The molecule has 2 aromatic carbocycles. The van der Waals surface area contributed by atoms with Crippen LogP contribution in [0, 0.1) is 5.82 Å². The molecule has 0 radical (unpaired) electrons. The molecule has 1 aliphatic heterocycles. The number of rotatable bonds is 8. The summed E-state index contributed by atoms with van der Waals surface area (Å²) in [4.78, 5) is 18.6. The largest absolute Gasteiger partial charge is 0.303 e. The SMILES string of the molecule is CCc1cc2ncc(-c3ccc(CC(C)=O)c(F)c3)cc2cc1CCCN1CCCCC1. The van der Waals surface area contributed by atoms with E-state index >= 15 is 0 Å². The Bertz CT molecular complexity index is 1100. The number of pyridine rings is 1. The minimum absolute atomic E-state index is 0.0384. The number of piperidine rings is 1. The molecular weight excluding hydrogens is 399 g/mol. The van der Waals surface area contributed by atoms with Crippen LogP contribution in [0.4, 0.5) is 4.39 Å². The van der Waals surface area contributed by atoms with E-state index in [9.17, 15) is 9.18 Å². The monoisotopic (exact) mass is 432 g/mol. The van der Waals surface area contributed by atoms with Crippen molar-refractivity contribution in [1.29, 1.82) is 0 Å². The molecule has 0 saturated carbocycles. The first-order valence-electron chi connectivity index (χ1n) is 12.0. The van der Waals surface area contributed by atoms with Crippen LogP contribution in [0.15, 0.2) is 42.6 Å². The Morgan fingerprint density at radius 2 is 1.81 bits per heavy atom. The molecule has 4 heteroatoms. The molecule has 0 bridgehead atoms. The fourth-order valence-corrected chi connectivity index (χ4v) is 4.80. The fourth-order valence-electron chi connectivity index (χ4n) is 4.80. The zero-order valence-electron chi connectivity index (χ0n) is 19.3. The Kier molecular flexibility index (Phi) is 7.31. The summed E-state index contributed by atoms with van der Waals surface area (Å²) in [6.45, 7) is 7.34. The first kappa shape index (κ1) is 22.6. The van der Waals surface area contributed by atoms with Crippen LogP contribution in [0.2, 0.25) is 0 Å². The van der Waals surface area contributed by atoms with Crippen LogP contribution < -0.4 is 0 Å². The third-order valence-electron chi connectivity index (χ3n) is 6.58. The Morgan fingerprint density at radius 3 is 2.53 bits per heavy atom. The van der Waals surface area contributed by atoms with Crippen LogP contribution in [0.5, 0.6) is 0 Å². The molecule has 0 unspecified atom stereocenters. The summed E-state index contributed by atoms with van der Waals surface area (Å²) < 4.78 is 14.5. The lowest BCUT2D eigenvalue weighted by Gasteiger charge is -2.26. The van der Waals surface area contributed by atoms with Crippen LogP contribution in [0.25, 0.3) is 22.0 Å². The van der Waals surface area contributed by atoms with Crippen molar-refractivity contribution in [3.63, 3.8) is 0 Å². The molecule has 1 saturated heterocycles. The average molecular weight is 433 g/mol. The number of aromatic nitrogens is 1. The van der Waals surface area contributed by atoms with Gasteiger partial charge in [-0.15, -0.1) is 0 Å². The summed E-state index contributed by atoms with van der Waals surface area (Å²) in [5, 5.41) is 1.10. The second-order valence-corrected chi connectivity index (χ2v) is 9.08. The summed E-state index contributed by atoms with van der Waals surface area (Å²) >= 11 is 0. The van der Waals surface area contributed by atoms with Gasteiger partial charge in [-0.2, -0.15) is 0 Å². The zero-order valence-corrected chi connectivity index (χ0v) is 19.3. The van der Waals surface area contributed by atoms with Gasteiger partial charge in [0.15, 0.2) is 0 Å². The molecule has 168 valence electrons.